The molecule has 2 aromatic carbocycles. The minimum absolute atomic E-state index is 0.588. The van der Waals surface area contributed by atoms with Crippen molar-refractivity contribution >= 4 is 6.08 Å². The average Bonchev–Trinajstić information content (AvgIpc) is 2.79. The molecule has 0 saturated heterocycles. The summed E-state index contributed by atoms with van der Waals surface area (Å²) >= 11 is 0. The lowest BCUT2D eigenvalue weighted by molar-refractivity contribution is 0.252. The van der Waals surface area contributed by atoms with Crippen LogP contribution in [0, 0.1) is 0 Å². The van der Waals surface area contributed by atoms with Gasteiger partial charge >= 0.3 is 0 Å². The zero-order valence-corrected chi connectivity index (χ0v) is 17.4. The summed E-state index contributed by atoms with van der Waals surface area (Å²) in [6, 6.07) is 20.1. The van der Waals surface area contributed by atoms with E-state index in [9.17, 15) is 0 Å². The maximum atomic E-state index is 5.96. The molecule has 0 aliphatic carbocycles. The number of para-hydroxylation sites is 2. The molecule has 2 heterocycles. The monoisotopic (exact) mass is 402 g/mol. The lowest BCUT2D eigenvalue weighted by atomic mass is 10.1. The van der Waals surface area contributed by atoms with Crippen molar-refractivity contribution in [2.45, 2.75) is 13.1 Å². The van der Waals surface area contributed by atoms with Crippen LogP contribution >= 0.6 is 0 Å². The Balaban J connectivity index is 1.60. The fourth-order valence-electron chi connectivity index (χ4n) is 3.75. The Morgan fingerprint density at radius 1 is 0.900 bits per heavy atom. The molecule has 0 spiro atoms. The van der Waals surface area contributed by atoms with Crippen LogP contribution in [0.2, 0.25) is 0 Å². The molecule has 5 nitrogen and oxygen atoms in total. The van der Waals surface area contributed by atoms with E-state index >= 15 is 0 Å². The summed E-state index contributed by atoms with van der Waals surface area (Å²) in [4.78, 5) is 6.87. The first-order valence-corrected chi connectivity index (χ1v) is 10.00. The number of methoxy groups -OCH3 is 2. The Morgan fingerprint density at radius 2 is 1.77 bits per heavy atom. The Kier molecular flexibility index (Phi) is 6.30. The van der Waals surface area contributed by atoms with E-state index in [1.54, 1.807) is 14.2 Å². The Labute approximate surface area is 177 Å². The van der Waals surface area contributed by atoms with E-state index in [1.807, 2.05) is 48.7 Å². The van der Waals surface area contributed by atoms with E-state index in [0.29, 0.717) is 13.2 Å². The van der Waals surface area contributed by atoms with Gasteiger partial charge in [0.05, 0.1) is 19.9 Å². The summed E-state index contributed by atoms with van der Waals surface area (Å²) in [5.41, 5.74) is 4.45. The highest BCUT2D eigenvalue weighted by molar-refractivity contribution is 5.62. The van der Waals surface area contributed by atoms with Gasteiger partial charge in [0, 0.05) is 37.0 Å². The van der Waals surface area contributed by atoms with Crippen molar-refractivity contribution < 1.29 is 14.2 Å². The van der Waals surface area contributed by atoms with Crippen LogP contribution in [0.15, 0.2) is 72.4 Å². The highest BCUT2D eigenvalue weighted by Gasteiger charge is 2.18. The molecule has 0 saturated carbocycles. The molecule has 0 N–H and O–H groups in total. The topological polar surface area (TPSA) is 43.8 Å². The molecule has 0 fully saturated rings. The summed E-state index contributed by atoms with van der Waals surface area (Å²) in [5.74, 6) is 2.44. The number of ether oxygens (including phenoxy) is 3. The van der Waals surface area contributed by atoms with E-state index in [-0.39, 0.29) is 0 Å². The smallest absolute Gasteiger partial charge is 0.165 e. The normalized spacial score (nSPS) is 12.7. The summed E-state index contributed by atoms with van der Waals surface area (Å²) in [6.45, 7) is 2.78. The second-order valence-electron chi connectivity index (χ2n) is 7.25. The van der Waals surface area contributed by atoms with Gasteiger partial charge in [-0.2, -0.15) is 0 Å². The molecule has 1 aliphatic rings. The number of aromatic nitrogens is 1. The molecule has 1 aromatic heterocycles. The average molecular weight is 402 g/mol. The molecule has 0 atom stereocenters. The van der Waals surface area contributed by atoms with E-state index in [1.165, 1.54) is 5.57 Å². The highest BCUT2D eigenvalue weighted by atomic mass is 16.5. The second kappa shape index (κ2) is 9.46. The quantitative estimate of drug-likeness (QED) is 0.552. The third kappa shape index (κ3) is 4.63. The molecule has 1 aliphatic heterocycles. The summed E-state index contributed by atoms with van der Waals surface area (Å²) in [5, 5.41) is 0. The summed E-state index contributed by atoms with van der Waals surface area (Å²) in [6.07, 6.45) is 4.06. The van der Waals surface area contributed by atoms with Crippen LogP contribution in [0.3, 0.4) is 0 Å². The van der Waals surface area contributed by atoms with Crippen molar-refractivity contribution in [1.82, 2.24) is 9.88 Å². The molecule has 0 unspecified atom stereocenters. The molecular weight excluding hydrogens is 376 g/mol. The molecule has 3 aromatic rings. The van der Waals surface area contributed by atoms with Crippen molar-refractivity contribution in [2.75, 3.05) is 27.4 Å². The molecule has 0 bridgehead atoms. The van der Waals surface area contributed by atoms with Crippen LogP contribution in [-0.4, -0.2) is 37.3 Å². The number of pyridine rings is 1. The summed E-state index contributed by atoms with van der Waals surface area (Å²) < 4.78 is 17.1. The number of nitrogens with zero attached hydrogens (tertiary/aromatic N) is 2. The first-order valence-electron chi connectivity index (χ1n) is 10.00. The summed E-state index contributed by atoms with van der Waals surface area (Å²) in [7, 11) is 3.34. The van der Waals surface area contributed by atoms with Crippen molar-refractivity contribution in [3.05, 3.63) is 89.3 Å². The number of hydrogen-bond donors (Lipinski definition) is 0. The van der Waals surface area contributed by atoms with E-state index in [0.717, 1.165) is 47.2 Å². The van der Waals surface area contributed by atoms with Gasteiger partial charge in [-0.15, -0.1) is 0 Å². The van der Waals surface area contributed by atoms with Gasteiger partial charge in [0.25, 0.3) is 0 Å². The third-order valence-corrected chi connectivity index (χ3v) is 5.11. The first kappa shape index (κ1) is 20.0. The lowest BCUT2D eigenvalue weighted by Crippen LogP contribution is -2.28. The molecule has 0 radical (unpaired) electrons. The van der Waals surface area contributed by atoms with Crippen LogP contribution in [-0.2, 0) is 13.1 Å². The lowest BCUT2D eigenvalue weighted by Gasteiger charge is -2.26. The van der Waals surface area contributed by atoms with Gasteiger partial charge in [-0.3, -0.25) is 9.88 Å². The standard InChI is InChI=1S/C25H26N2O3/c1-28-24-12-7-9-21(25(24)29-2)16-27(17-22-10-5-6-13-26-22)15-19-14-20-8-3-4-11-23(20)30-18-19/h3-14H,15-18H2,1-2H3. The Hall–Kier alpha value is -3.31. The van der Waals surface area contributed by atoms with Gasteiger partial charge in [-0.05, 0) is 35.9 Å². The van der Waals surface area contributed by atoms with E-state index in [2.05, 4.69) is 34.2 Å². The fraction of sp³-hybridized carbons (Fsp3) is 0.240. The fourth-order valence-corrected chi connectivity index (χ4v) is 3.75. The first-order chi connectivity index (χ1) is 14.8. The maximum Gasteiger partial charge on any atom is 0.165 e. The number of benzene rings is 2. The molecule has 30 heavy (non-hydrogen) atoms. The zero-order valence-electron chi connectivity index (χ0n) is 17.4. The minimum Gasteiger partial charge on any atom is -0.493 e. The van der Waals surface area contributed by atoms with Crippen LogP contribution in [0.5, 0.6) is 17.2 Å². The van der Waals surface area contributed by atoms with Gasteiger partial charge in [0.1, 0.15) is 12.4 Å². The van der Waals surface area contributed by atoms with Gasteiger partial charge in [0.15, 0.2) is 11.5 Å². The SMILES string of the molecule is COc1cccc(CN(CC2=Cc3ccccc3OC2)Cc2ccccn2)c1OC. The van der Waals surface area contributed by atoms with Crippen molar-refractivity contribution in [1.29, 1.82) is 0 Å². The van der Waals surface area contributed by atoms with Crippen LogP contribution in [0.4, 0.5) is 0 Å². The van der Waals surface area contributed by atoms with Gasteiger partial charge in [0.2, 0.25) is 0 Å². The van der Waals surface area contributed by atoms with Crippen LogP contribution < -0.4 is 14.2 Å². The van der Waals surface area contributed by atoms with Crippen molar-refractivity contribution in [3.8, 4) is 17.2 Å². The van der Waals surface area contributed by atoms with Crippen molar-refractivity contribution in [2.24, 2.45) is 0 Å². The maximum absolute atomic E-state index is 5.96. The van der Waals surface area contributed by atoms with Gasteiger partial charge < -0.3 is 14.2 Å². The second-order valence-corrected chi connectivity index (χ2v) is 7.25. The Morgan fingerprint density at radius 3 is 2.57 bits per heavy atom. The van der Waals surface area contributed by atoms with E-state index in [4.69, 9.17) is 14.2 Å². The number of hydrogen-bond acceptors (Lipinski definition) is 5. The zero-order chi connectivity index (χ0) is 20.8. The Bertz CT molecular complexity index is 1020. The predicted octanol–water partition coefficient (Wildman–Crippen LogP) is 4.58. The molecular formula is C25H26N2O3. The third-order valence-electron chi connectivity index (χ3n) is 5.11. The van der Waals surface area contributed by atoms with Crippen molar-refractivity contribution in [3.63, 3.8) is 0 Å². The molecule has 154 valence electrons. The molecule has 4 rings (SSSR count). The van der Waals surface area contributed by atoms with Crippen LogP contribution in [0.1, 0.15) is 16.8 Å². The molecule has 5 heteroatoms. The van der Waals surface area contributed by atoms with E-state index < -0.39 is 0 Å². The van der Waals surface area contributed by atoms with Gasteiger partial charge in [-0.25, -0.2) is 0 Å². The number of rotatable bonds is 8. The highest BCUT2D eigenvalue weighted by Crippen LogP contribution is 2.32. The number of fused-ring (bicyclic) bond motifs is 1. The van der Waals surface area contributed by atoms with Gasteiger partial charge in [-0.1, -0.05) is 36.4 Å². The molecule has 0 amide bonds. The van der Waals surface area contributed by atoms with Crippen LogP contribution in [0.25, 0.3) is 6.08 Å². The predicted molar refractivity (Wildman–Crippen MR) is 118 cm³/mol. The largest absolute Gasteiger partial charge is 0.493 e. The minimum atomic E-state index is 0.588.